The summed E-state index contributed by atoms with van der Waals surface area (Å²) in [5.74, 6) is 1.26. The lowest BCUT2D eigenvalue weighted by Gasteiger charge is -2.20. The maximum atomic E-state index is 6.19. The van der Waals surface area contributed by atoms with Crippen LogP contribution in [0.5, 0.6) is 5.88 Å². The van der Waals surface area contributed by atoms with E-state index in [1.807, 2.05) is 62.2 Å². The molecule has 0 radical (unpaired) electrons. The van der Waals surface area contributed by atoms with E-state index in [2.05, 4.69) is 4.98 Å². The van der Waals surface area contributed by atoms with Crippen LogP contribution in [0.4, 0.5) is 11.5 Å². The molecule has 0 aliphatic rings. The molecule has 2 aromatic rings. The Hall–Kier alpha value is -1.94. The molecule has 0 unspecified atom stereocenters. The SMILES string of the molecule is CC(C)Oc1nc(N(C)Cc2ccccc2Cl)ccc1N. The molecule has 0 aliphatic carbocycles. The smallest absolute Gasteiger partial charge is 0.239 e. The molecular weight excluding hydrogens is 286 g/mol. The molecule has 1 heterocycles. The minimum absolute atomic E-state index is 0.0314. The third-order valence-electron chi connectivity index (χ3n) is 2.98. The number of aromatic nitrogens is 1. The number of nitrogens with two attached hydrogens (primary N) is 1. The third kappa shape index (κ3) is 4.02. The molecule has 0 saturated carbocycles. The van der Waals surface area contributed by atoms with Gasteiger partial charge in [0.25, 0.3) is 0 Å². The average molecular weight is 306 g/mol. The van der Waals surface area contributed by atoms with Crippen LogP contribution in [0.2, 0.25) is 5.02 Å². The largest absolute Gasteiger partial charge is 0.473 e. The van der Waals surface area contributed by atoms with Crippen molar-refractivity contribution < 1.29 is 4.74 Å². The molecule has 0 fully saturated rings. The van der Waals surface area contributed by atoms with Gasteiger partial charge in [-0.05, 0) is 37.6 Å². The van der Waals surface area contributed by atoms with E-state index in [0.717, 1.165) is 16.4 Å². The zero-order chi connectivity index (χ0) is 15.4. The van der Waals surface area contributed by atoms with Gasteiger partial charge in [0, 0.05) is 18.6 Å². The van der Waals surface area contributed by atoms with Crippen LogP contribution < -0.4 is 15.4 Å². The van der Waals surface area contributed by atoms with Gasteiger partial charge in [-0.3, -0.25) is 0 Å². The summed E-state index contributed by atoms with van der Waals surface area (Å²) in [7, 11) is 1.96. The third-order valence-corrected chi connectivity index (χ3v) is 3.35. The summed E-state index contributed by atoms with van der Waals surface area (Å²) in [5, 5.41) is 0.749. The van der Waals surface area contributed by atoms with Crippen molar-refractivity contribution in [1.82, 2.24) is 4.98 Å². The fourth-order valence-electron chi connectivity index (χ4n) is 1.93. The van der Waals surface area contributed by atoms with Crippen LogP contribution in [0.25, 0.3) is 0 Å². The van der Waals surface area contributed by atoms with Crippen molar-refractivity contribution in [2.75, 3.05) is 17.7 Å². The van der Waals surface area contributed by atoms with Gasteiger partial charge >= 0.3 is 0 Å². The highest BCUT2D eigenvalue weighted by Gasteiger charge is 2.11. The second-order valence-corrected chi connectivity index (χ2v) is 5.59. The van der Waals surface area contributed by atoms with Crippen LogP contribution >= 0.6 is 11.6 Å². The summed E-state index contributed by atoms with van der Waals surface area (Å²) < 4.78 is 5.62. The van der Waals surface area contributed by atoms with Crippen molar-refractivity contribution in [3.8, 4) is 5.88 Å². The molecule has 21 heavy (non-hydrogen) atoms. The zero-order valence-corrected chi connectivity index (χ0v) is 13.3. The summed E-state index contributed by atoms with van der Waals surface area (Å²) in [5.41, 5.74) is 7.48. The van der Waals surface area contributed by atoms with E-state index < -0.39 is 0 Å². The maximum Gasteiger partial charge on any atom is 0.239 e. The van der Waals surface area contributed by atoms with Gasteiger partial charge in [-0.15, -0.1) is 0 Å². The van der Waals surface area contributed by atoms with Gasteiger partial charge in [-0.25, -0.2) is 0 Å². The molecule has 0 bridgehead atoms. The quantitative estimate of drug-likeness (QED) is 0.914. The highest BCUT2D eigenvalue weighted by molar-refractivity contribution is 6.31. The first-order chi connectivity index (χ1) is 9.97. The summed E-state index contributed by atoms with van der Waals surface area (Å²) in [6.45, 7) is 4.56. The average Bonchev–Trinajstić information content (AvgIpc) is 2.43. The number of nitrogens with zero attached hydrogens (tertiary/aromatic N) is 2. The fraction of sp³-hybridized carbons (Fsp3) is 0.312. The second-order valence-electron chi connectivity index (χ2n) is 5.18. The Morgan fingerprint density at radius 1 is 1.24 bits per heavy atom. The number of hydrogen-bond acceptors (Lipinski definition) is 4. The van der Waals surface area contributed by atoms with Crippen LogP contribution in [0.15, 0.2) is 36.4 Å². The Kier molecular flexibility index (Phi) is 4.91. The lowest BCUT2D eigenvalue weighted by molar-refractivity contribution is 0.234. The van der Waals surface area contributed by atoms with Gasteiger partial charge in [0.05, 0.1) is 11.8 Å². The van der Waals surface area contributed by atoms with Crippen molar-refractivity contribution in [2.45, 2.75) is 26.5 Å². The molecule has 5 heteroatoms. The Bertz CT molecular complexity index is 616. The Morgan fingerprint density at radius 3 is 2.62 bits per heavy atom. The fourth-order valence-corrected chi connectivity index (χ4v) is 2.13. The van der Waals surface area contributed by atoms with Gasteiger partial charge in [0.15, 0.2) is 0 Å². The van der Waals surface area contributed by atoms with Crippen molar-refractivity contribution in [3.05, 3.63) is 47.0 Å². The number of hydrogen-bond donors (Lipinski definition) is 1. The molecule has 1 aromatic heterocycles. The molecule has 2 rings (SSSR count). The minimum atomic E-state index is 0.0314. The normalized spacial score (nSPS) is 10.7. The first-order valence-corrected chi connectivity index (χ1v) is 7.23. The lowest BCUT2D eigenvalue weighted by Crippen LogP contribution is -2.19. The number of rotatable bonds is 5. The minimum Gasteiger partial charge on any atom is -0.473 e. The number of anilines is 2. The summed E-state index contributed by atoms with van der Waals surface area (Å²) in [4.78, 5) is 6.48. The summed E-state index contributed by atoms with van der Waals surface area (Å²) in [6.07, 6.45) is 0.0314. The van der Waals surface area contributed by atoms with Gasteiger partial charge < -0.3 is 15.4 Å². The number of benzene rings is 1. The predicted octanol–water partition coefficient (Wildman–Crippen LogP) is 3.74. The first kappa shape index (κ1) is 15.4. The zero-order valence-electron chi connectivity index (χ0n) is 12.5. The number of halogens is 1. The molecule has 2 N–H and O–H groups in total. The van der Waals surface area contributed by atoms with Gasteiger partial charge in [-0.2, -0.15) is 4.98 Å². The molecule has 0 aliphatic heterocycles. The molecule has 0 saturated heterocycles. The van der Waals surface area contributed by atoms with Crippen molar-refractivity contribution in [2.24, 2.45) is 0 Å². The summed E-state index contributed by atoms with van der Waals surface area (Å²) >= 11 is 6.19. The van der Waals surface area contributed by atoms with E-state index in [1.165, 1.54) is 0 Å². The molecule has 4 nitrogen and oxygen atoms in total. The van der Waals surface area contributed by atoms with Crippen LogP contribution in [0, 0.1) is 0 Å². The second kappa shape index (κ2) is 6.68. The Labute approximate surface area is 130 Å². The lowest BCUT2D eigenvalue weighted by atomic mass is 10.2. The number of nitrogen functional groups attached to an aromatic ring is 1. The van der Waals surface area contributed by atoms with Gasteiger partial charge in [0.1, 0.15) is 5.82 Å². The molecule has 0 atom stereocenters. The van der Waals surface area contributed by atoms with Gasteiger partial charge in [-0.1, -0.05) is 29.8 Å². The highest BCUT2D eigenvalue weighted by Crippen LogP contribution is 2.25. The molecule has 0 amide bonds. The van der Waals surface area contributed by atoms with Gasteiger partial charge in [0.2, 0.25) is 5.88 Å². The molecule has 0 spiro atoms. The Morgan fingerprint density at radius 2 is 1.95 bits per heavy atom. The van der Waals surface area contributed by atoms with Crippen LogP contribution in [0.3, 0.4) is 0 Å². The number of ether oxygens (including phenoxy) is 1. The Balaban J connectivity index is 2.19. The van der Waals surface area contributed by atoms with Crippen molar-refractivity contribution >= 4 is 23.1 Å². The van der Waals surface area contributed by atoms with Crippen LogP contribution in [-0.2, 0) is 6.54 Å². The molecule has 112 valence electrons. The van der Waals surface area contributed by atoms with E-state index in [1.54, 1.807) is 0 Å². The monoisotopic (exact) mass is 305 g/mol. The molecule has 1 aromatic carbocycles. The maximum absolute atomic E-state index is 6.19. The topological polar surface area (TPSA) is 51.4 Å². The predicted molar refractivity (Wildman–Crippen MR) is 88.0 cm³/mol. The standard InChI is InChI=1S/C16H20ClN3O/c1-11(2)21-16-14(18)8-9-15(19-16)20(3)10-12-6-4-5-7-13(12)17/h4-9,11H,10,18H2,1-3H3. The van der Waals surface area contributed by atoms with Crippen LogP contribution in [0.1, 0.15) is 19.4 Å². The van der Waals surface area contributed by atoms with Crippen molar-refractivity contribution in [3.63, 3.8) is 0 Å². The van der Waals surface area contributed by atoms with E-state index in [9.17, 15) is 0 Å². The van der Waals surface area contributed by atoms with E-state index in [4.69, 9.17) is 22.1 Å². The summed E-state index contributed by atoms with van der Waals surface area (Å²) in [6, 6.07) is 11.5. The van der Waals surface area contributed by atoms with Crippen LogP contribution in [-0.4, -0.2) is 18.1 Å². The first-order valence-electron chi connectivity index (χ1n) is 6.85. The number of pyridine rings is 1. The van der Waals surface area contributed by atoms with E-state index in [0.29, 0.717) is 18.1 Å². The van der Waals surface area contributed by atoms with E-state index >= 15 is 0 Å². The highest BCUT2D eigenvalue weighted by atomic mass is 35.5. The van der Waals surface area contributed by atoms with Crippen molar-refractivity contribution in [1.29, 1.82) is 0 Å². The van der Waals surface area contributed by atoms with E-state index in [-0.39, 0.29) is 6.10 Å². The molecular formula is C16H20ClN3O.